The molecule has 0 radical (unpaired) electrons. The molecule has 1 aliphatic heterocycles. The van der Waals surface area contributed by atoms with Gasteiger partial charge < -0.3 is 23.7 Å². The number of aliphatic hydroxyl groups excluding tert-OH is 1. The second-order valence-electron chi connectivity index (χ2n) is 10.8. The normalized spacial score (nSPS) is 24.1. The first kappa shape index (κ1) is 28.2. The van der Waals surface area contributed by atoms with Gasteiger partial charge in [-0.2, -0.15) is 0 Å². The summed E-state index contributed by atoms with van der Waals surface area (Å²) in [6.07, 6.45) is -3.98. The number of hydrogen-bond acceptors (Lipinski definition) is 6. The Morgan fingerprint density at radius 1 is 0.895 bits per heavy atom. The van der Waals surface area contributed by atoms with Gasteiger partial charge in [0.05, 0.1) is 19.8 Å². The molecule has 5 atom stereocenters. The van der Waals surface area contributed by atoms with Crippen LogP contribution < -0.4 is 10.4 Å². The fourth-order valence-electron chi connectivity index (χ4n) is 5.32. The van der Waals surface area contributed by atoms with Gasteiger partial charge in [-0.3, -0.25) is 0 Å². The number of carbonyl (C=O) groups excluding carboxylic acids is 1. The van der Waals surface area contributed by atoms with Gasteiger partial charge in [0.15, 0.2) is 12.4 Å². The zero-order valence-electron chi connectivity index (χ0n) is 22.7. The predicted octanol–water partition coefficient (Wildman–Crippen LogP) is 4.04. The van der Waals surface area contributed by atoms with Crippen LogP contribution in [0.3, 0.4) is 0 Å². The number of methoxy groups -OCH3 is 1. The van der Waals surface area contributed by atoms with Gasteiger partial charge in [-0.15, -0.1) is 0 Å². The molecule has 7 heteroatoms. The first-order valence-corrected chi connectivity index (χ1v) is 15.0. The van der Waals surface area contributed by atoms with E-state index < -0.39 is 38.9 Å². The maximum absolute atomic E-state index is 12.7. The lowest BCUT2D eigenvalue weighted by atomic mass is 9.92. The topological polar surface area (TPSA) is 74.2 Å². The molecule has 3 aromatic rings. The van der Waals surface area contributed by atoms with E-state index in [1.165, 1.54) is 7.11 Å². The van der Waals surface area contributed by atoms with Crippen molar-refractivity contribution < 1.29 is 28.5 Å². The number of benzene rings is 3. The predicted molar refractivity (Wildman–Crippen MR) is 150 cm³/mol. The third kappa shape index (κ3) is 5.62. The van der Waals surface area contributed by atoms with E-state index in [9.17, 15) is 9.90 Å². The van der Waals surface area contributed by atoms with Crippen molar-refractivity contribution in [3.63, 3.8) is 0 Å². The van der Waals surface area contributed by atoms with E-state index in [0.29, 0.717) is 0 Å². The van der Waals surface area contributed by atoms with Crippen LogP contribution in [0.25, 0.3) is 0 Å². The zero-order chi connectivity index (χ0) is 27.3. The molecular weight excluding hydrogens is 496 g/mol. The quantitative estimate of drug-likeness (QED) is 0.347. The van der Waals surface area contributed by atoms with Gasteiger partial charge in [0, 0.05) is 5.92 Å². The SMILES string of the molecule is COC(=O)C1O[C@@H](O[Si](c2ccccc2)(c2ccccc2)C(C)(C)C)C(C)[C@H](OCc2ccccc2)[C@@H]1O. The van der Waals surface area contributed by atoms with Gasteiger partial charge in [0.1, 0.15) is 6.10 Å². The number of ether oxygens (including phenoxy) is 3. The minimum Gasteiger partial charge on any atom is -0.467 e. The summed E-state index contributed by atoms with van der Waals surface area (Å²) >= 11 is 0. The number of hydrogen-bond donors (Lipinski definition) is 1. The van der Waals surface area contributed by atoms with Crippen molar-refractivity contribution in [1.29, 1.82) is 0 Å². The number of esters is 1. The molecule has 6 nitrogen and oxygen atoms in total. The Morgan fingerprint density at radius 3 is 1.87 bits per heavy atom. The highest BCUT2D eigenvalue weighted by Gasteiger charge is 2.56. The third-order valence-electron chi connectivity index (χ3n) is 7.30. The van der Waals surface area contributed by atoms with Crippen molar-refractivity contribution in [2.24, 2.45) is 5.92 Å². The highest BCUT2D eigenvalue weighted by atomic mass is 28.4. The Balaban J connectivity index is 1.76. The van der Waals surface area contributed by atoms with Crippen molar-refractivity contribution >= 4 is 24.7 Å². The van der Waals surface area contributed by atoms with Gasteiger partial charge in [0.2, 0.25) is 0 Å². The summed E-state index contributed by atoms with van der Waals surface area (Å²) in [5.41, 5.74) is 0.970. The molecular formula is C31H38O6Si. The second kappa shape index (κ2) is 11.9. The van der Waals surface area contributed by atoms with Crippen LogP contribution in [0.5, 0.6) is 0 Å². The van der Waals surface area contributed by atoms with E-state index in [0.717, 1.165) is 15.9 Å². The Morgan fingerprint density at radius 2 is 1.39 bits per heavy atom. The monoisotopic (exact) mass is 534 g/mol. The molecule has 0 aromatic heterocycles. The van der Waals surface area contributed by atoms with E-state index in [-0.39, 0.29) is 17.6 Å². The highest BCUT2D eigenvalue weighted by molar-refractivity contribution is 6.99. The van der Waals surface area contributed by atoms with Crippen LogP contribution in [0.15, 0.2) is 91.0 Å². The van der Waals surface area contributed by atoms with Crippen LogP contribution >= 0.6 is 0 Å². The fourth-order valence-corrected chi connectivity index (χ4v) is 9.95. The fraction of sp³-hybridized carbons (Fsp3) is 0.387. The van der Waals surface area contributed by atoms with Gasteiger partial charge >= 0.3 is 5.97 Å². The van der Waals surface area contributed by atoms with Crippen molar-refractivity contribution in [3.05, 3.63) is 96.6 Å². The van der Waals surface area contributed by atoms with Crippen LogP contribution in [-0.2, 0) is 30.0 Å². The molecule has 3 aromatic carbocycles. The van der Waals surface area contributed by atoms with Gasteiger partial charge in [-0.05, 0) is 21.0 Å². The minimum absolute atomic E-state index is 0.284. The molecule has 0 bridgehead atoms. The van der Waals surface area contributed by atoms with E-state index in [4.69, 9.17) is 18.6 Å². The summed E-state index contributed by atoms with van der Waals surface area (Å²) < 4.78 is 24.7. The second-order valence-corrected chi connectivity index (χ2v) is 15.1. The van der Waals surface area contributed by atoms with Gasteiger partial charge in [-0.1, -0.05) is 119 Å². The van der Waals surface area contributed by atoms with Crippen molar-refractivity contribution in [2.75, 3.05) is 7.11 Å². The standard InChI is InChI=1S/C31H38O6Si/c1-22-27(35-21-23-15-9-6-10-16-23)26(32)28(29(33)34-5)36-30(22)37-38(31(2,3)4,24-17-11-7-12-18-24)25-19-13-8-14-20-25/h6-20,22,26-28,30,32H,21H2,1-5H3/t22?,26-,27-,28?,30-/m0/s1. The van der Waals surface area contributed by atoms with E-state index in [2.05, 4.69) is 45.0 Å². The Labute approximate surface area is 226 Å². The summed E-state index contributed by atoms with van der Waals surface area (Å²) in [6.45, 7) is 8.77. The smallest absolute Gasteiger partial charge is 0.337 e. The van der Waals surface area contributed by atoms with Crippen LogP contribution in [0.1, 0.15) is 33.3 Å². The van der Waals surface area contributed by atoms with Crippen LogP contribution in [0.4, 0.5) is 0 Å². The summed E-state index contributed by atoms with van der Waals surface area (Å²) in [5.74, 6) is -1.04. The third-order valence-corrected chi connectivity index (χ3v) is 12.3. The summed E-state index contributed by atoms with van der Waals surface area (Å²) in [4.78, 5) is 12.7. The van der Waals surface area contributed by atoms with Crippen LogP contribution in [0.2, 0.25) is 5.04 Å². The summed E-state index contributed by atoms with van der Waals surface area (Å²) in [5, 5.41) is 13.1. The largest absolute Gasteiger partial charge is 0.467 e. The molecule has 4 rings (SSSR count). The molecule has 1 fully saturated rings. The Bertz CT molecular complexity index is 1130. The average molecular weight is 535 g/mol. The Kier molecular flexibility index (Phi) is 8.85. The van der Waals surface area contributed by atoms with Gasteiger partial charge in [-0.25, -0.2) is 4.79 Å². The molecule has 2 unspecified atom stereocenters. The molecule has 1 heterocycles. The minimum atomic E-state index is -3.01. The van der Waals surface area contributed by atoms with Crippen molar-refractivity contribution in [1.82, 2.24) is 0 Å². The van der Waals surface area contributed by atoms with E-state index in [1.807, 2.05) is 73.7 Å². The molecule has 1 aliphatic rings. The molecule has 1 N–H and O–H groups in total. The van der Waals surface area contributed by atoms with E-state index >= 15 is 0 Å². The molecule has 0 amide bonds. The molecule has 38 heavy (non-hydrogen) atoms. The number of rotatable bonds is 8. The molecule has 202 valence electrons. The first-order valence-electron chi connectivity index (χ1n) is 13.0. The molecule has 1 saturated heterocycles. The lowest BCUT2D eigenvalue weighted by Gasteiger charge is -2.49. The zero-order valence-corrected chi connectivity index (χ0v) is 23.7. The molecule has 0 aliphatic carbocycles. The first-order chi connectivity index (χ1) is 18.2. The lowest BCUT2D eigenvalue weighted by Crippen LogP contribution is -2.70. The van der Waals surface area contributed by atoms with Gasteiger partial charge in [0.25, 0.3) is 8.32 Å². The van der Waals surface area contributed by atoms with Crippen LogP contribution in [0, 0.1) is 5.92 Å². The Hall–Kier alpha value is -2.81. The van der Waals surface area contributed by atoms with E-state index in [1.54, 1.807) is 0 Å². The number of carbonyl (C=O) groups is 1. The van der Waals surface area contributed by atoms with Crippen molar-refractivity contribution in [2.45, 2.75) is 63.9 Å². The maximum atomic E-state index is 12.7. The highest BCUT2D eigenvalue weighted by Crippen LogP contribution is 2.40. The average Bonchev–Trinajstić information content (AvgIpc) is 2.93. The molecule has 0 spiro atoms. The lowest BCUT2D eigenvalue weighted by molar-refractivity contribution is -0.264. The summed E-state index contributed by atoms with van der Waals surface area (Å²) in [6, 6.07) is 30.2. The summed E-state index contributed by atoms with van der Waals surface area (Å²) in [7, 11) is -1.72. The maximum Gasteiger partial charge on any atom is 0.337 e. The van der Waals surface area contributed by atoms with Crippen molar-refractivity contribution in [3.8, 4) is 0 Å². The number of aliphatic hydroxyl groups is 1. The van der Waals surface area contributed by atoms with Crippen LogP contribution in [-0.4, -0.2) is 51.1 Å². The molecule has 0 saturated carbocycles.